The summed E-state index contributed by atoms with van der Waals surface area (Å²) in [5.41, 5.74) is -0.656. The second-order valence-corrected chi connectivity index (χ2v) is 7.94. The van der Waals surface area contributed by atoms with Crippen molar-refractivity contribution in [3.05, 3.63) is 58.1 Å². The topological polar surface area (TPSA) is 89.8 Å². The van der Waals surface area contributed by atoms with Crippen LogP contribution in [0.3, 0.4) is 0 Å². The van der Waals surface area contributed by atoms with Crippen LogP contribution >= 0.6 is 0 Å². The monoisotopic (exact) mass is 398 g/mol. The van der Waals surface area contributed by atoms with E-state index in [-0.39, 0.29) is 10.6 Å². The lowest BCUT2D eigenvalue weighted by Crippen LogP contribution is -2.35. The lowest BCUT2D eigenvalue weighted by molar-refractivity contribution is -0.385. The van der Waals surface area contributed by atoms with Crippen molar-refractivity contribution >= 4 is 15.7 Å². The van der Waals surface area contributed by atoms with Gasteiger partial charge in [-0.2, -0.15) is 8.70 Å². The van der Waals surface area contributed by atoms with Crippen molar-refractivity contribution in [1.82, 2.24) is 4.31 Å². The van der Waals surface area contributed by atoms with E-state index in [4.69, 9.17) is 4.74 Å². The minimum Gasteiger partial charge on any atom is -0.447 e. The SMILES string of the molecule is O=[N+]([O-])c1cc(S(=O)(=O)N2CCCCC2)ccc1Oc1cccc(F)c1F. The van der Waals surface area contributed by atoms with Crippen molar-refractivity contribution in [2.45, 2.75) is 24.2 Å². The third-order valence-corrected chi connectivity index (χ3v) is 6.11. The van der Waals surface area contributed by atoms with E-state index in [9.17, 15) is 27.3 Å². The highest BCUT2D eigenvalue weighted by atomic mass is 32.2. The fourth-order valence-electron chi connectivity index (χ4n) is 2.82. The van der Waals surface area contributed by atoms with E-state index in [0.717, 1.165) is 49.6 Å². The van der Waals surface area contributed by atoms with Gasteiger partial charge in [-0.1, -0.05) is 12.5 Å². The minimum absolute atomic E-state index is 0.247. The Bertz CT molecular complexity index is 975. The molecular weight excluding hydrogens is 382 g/mol. The molecule has 2 aromatic carbocycles. The molecule has 3 rings (SSSR count). The van der Waals surface area contributed by atoms with Crippen molar-refractivity contribution in [2.24, 2.45) is 0 Å². The number of halogens is 2. The van der Waals surface area contributed by atoms with Crippen LogP contribution in [-0.2, 0) is 10.0 Å². The zero-order valence-corrected chi connectivity index (χ0v) is 14.9. The Balaban J connectivity index is 1.98. The van der Waals surface area contributed by atoms with Crippen LogP contribution in [0.1, 0.15) is 19.3 Å². The van der Waals surface area contributed by atoms with Crippen LogP contribution < -0.4 is 4.74 Å². The van der Waals surface area contributed by atoms with E-state index < -0.39 is 38.0 Å². The van der Waals surface area contributed by atoms with E-state index in [1.54, 1.807) is 0 Å². The zero-order valence-electron chi connectivity index (χ0n) is 14.1. The summed E-state index contributed by atoms with van der Waals surface area (Å²) < 4.78 is 58.8. The Morgan fingerprint density at radius 1 is 1.04 bits per heavy atom. The molecule has 7 nitrogen and oxygen atoms in total. The fraction of sp³-hybridized carbons (Fsp3) is 0.294. The average molecular weight is 398 g/mol. The van der Waals surface area contributed by atoms with Gasteiger partial charge in [-0.05, 0) is 37.1 Å². The summed E-state index contributed by atoms with van der Waals surface area (Å²) >= 11 is 0. The summed E-state index contributed by atoms with van der Waals surface area (Å²) in [5.74, 6) is -3.39. The number of piperidine rings is 1. The van der Waals surface area contributed by atoms with Gasteiger partial charge in [-0.3, -0.25) is 10.1 Å². The highest BCUT2D eigenvalue weighted by Gasteiger charge is 2.29. The first kappa shape index (κ1) is 19.2. The maximum atomic E-state index is 13.8. The standard InChI is InChI=1S/C17H16F2N2O5S/c18-13-5-4-6-16(17(13)19)26-15-8-7-12(11-14(15)21(22)23)27(24,25)20-9-2-1-3-10-20/h4-8,11H,1-3,9-10H2. The molecule has 144 valence electrons. The van der Waals surface area contributed by atoms with Crippen LogP contribution in [0, 0.1) is 21.7 Å². The Kier molecular flexibility index (Phi) is 5.38. The number of nitro groups is 1. The number of nitrogens with zero attached hydrogens (tertiary/aromatic N) is 2. The van der Waals surface area contributed by atoms with Crippen molar-refractivity contribution in [2.75, 3.05) is 13.1 Å². The number of nitro benzene ring substituents is 1. The van der Waals surface area contributed by atoms with Gasteiger partial charge in [0.05, 0.1) is 9.82 Å². The molecule has 10 heteroatoms. The lowest BCUT2D eigenvalue weighted by Gasteiger charge is -2.25. The van der Waals surface area contributed by atoms with Gasteiger partial charge < -0.3 is 4.74 Å². The van der Waals surface area contributed by atoms with Gasteiger partial charge in [0.2, 0.25) is 21.6 Å². The van der Waals surface area contributed by atoms with Crippen LogP contribution in [0.2, 0.25) is 0 Å². The average Bonchev–Trinajstić information content (AvgIpc) is 2.66. The van der Waals surface area contributed by atoms with E-state index in [1.165, 1.54) is 10.4 Å². The minimum atomic E-state index is -3.88. The number of sulfonamides is 1. The predicted octanol–water partition coefficient (Wildman–Crippen LogP) is 3.84. The molecule has 1 saturated heterocycles. The summed E-state index contributed by atoms with van der Waals surface area (Å²) in [6, 6.07) is 6.28. The van der Waals surface area contributed by atoms with E-state index in [0.29, 0.717) is 13.1 Å². The Labute approximate surface area is 154 Å². The number of rotatable bonds is 5. The van der Waals surface area contributed by atoms with Gasteiger partial charge in [-0.15, -0.1) is 0 Å². The molecule has 0 atom stereocenters. The first-order chi connectivity index (χ1) is 12.8. The lowest BCUT2D eigenvalue weighted by atomic mass is 10.2. The van der Waals surface area contributed by atoms with Gasteiger partial charge in [-0.25, -0.2) is 12.8 Å². The number of benzene rings is 2. The van der Waals surface area contributed by atoms with Crippen LogP contribution in [0.15, 0.2) is 41.3 Å². The molecule has 1 aliphatic heterocycles. The van der Waals surface area contributed by atoms with Crippen LogP contribution in [0.25, 0.3) is 0 Å². The molecule has 1 fully saturated rings. The number of ether oxygens (including phenoxy) is 1. The molecule has 0 saturated carbocycles. The van der Waals surface area contributed by atoms with Gasteiger partial charge in [0.15, 0.2) is 11.6 Å². The molecular formula is C17H16F2N2O5S. The summed E-state index contributed by atoms with van der Waals surface area (Å²) in [6.45, 7) is 0.700. The summed E-state index contributed by atoms with van der Waals surface area (Å²) in [4.78, 5) is 10.3. The third-order valence-electron chi connectivity index (χ3n) is 4.22. The van der Waals surface area contributed by atoms with Crippen molar-refractivity contribution in [3.8, 4) is 11.5 Å². The molecule has 1 heterocycles. The molecule has 1 aliphatic rings. The molecule has 0 N–H and O–H groups in total. The van der Waals surface area contributed by atoms with Crippen LogP contribution in [0.5, 0.6) is 11.5 Å². The first-order valence-electron chi connectivity index (χ1n) is 8.21. The first-order valence-corrected chi connectivity index (χ1v) is 9.65. The van der Waals surface area contributed by atoms with Gasteiger partial charge >= 0.3 is 5.69 Å². The van der Waals surface area contributed by atoms with Gasteiger partial charge in [0, 0.05) is 19.2 Å². The molecule has 0 radical (unpaired) electrons. The number of hydrogen-bond acceptors (Lipinski definition) is 5. The van der Waals surface area contributed by atoms with Gasteiger partial charge in [0.1, 0.15) is 0 Å². The van der Waals surface area contributed by atoms with Crippen LogP contribution in [-0.4, -0.2) is 30.7 Å². The van der Waals surface area contributed by atoms with Crippen molar-refractivity contribution in [1.29, 1.82) is 0 Å². The Hall–Kier alpha value is -2.59. The smallest absolute Gasteiger partial charge is 0.312 e. The Morgan fingerprint density at radius 2 is 1.74 bits per heavy atom. The molecule has 2 aromatic rings. The number of hydrogen-bond donors (Lipinski definition) is 0. The Morgan fingerprint density at radius 3 is 2.41 bits per heavy atom. The summed E-state index contributed by atoms with van der Waals surface area (Å²) in [6.07, 6.45) is 2.38. The van der Waals surface area contributed by atoms with Crippen molar-refractivity contribution in [3.63, 3.8) is 0 Å². The third kappa shape index (κ3) is 3.91. The summed E-state index contributed by atoms with van der Waals surface area (Å²) in [7, 11) is -3.88. The van der Waals surface area contributed by atoms with Crippen molar-refractivity contribution < 1.29 is 26.9 Å². The second-order valence-electron chi connectivity index (χ2n) is 6.01. The molecule has 0 aliphatic carbocycles. The van der Waals surface area contributed by atoms with Crippen LogP contribution in [0.4, 0.5) is 14.5 Å². The molecule has 0 aromatic heterocycles. The quantitative estimate of drug-likeness (QED) is 0.564. The zero-order chi connectivity index (χ0) is 19.6. The second kappa shape index (κ2) is 7.57. The largest absolute Gasteiger partial charge is 0.447 e. The molecule has 27 heavy (non-hydrogen) atoms. The molecule has 0 unspecified atom stereocenters. The highest BCUT2D eigenvalue weighted by molar-refractivity contribution is 7.89. The maximum Gasteiger partial charge on any atom is 0.312 e. The normalized spacial score (nSPS) is 15.5. The van der Waals surface area contributed by atoms with E-state index >= 15 is 0 Å². The predicted molar refractivity (Wildman–Crippen MR) is 92.1 cm³/mol. The summed E-state index contributed by atoms with van der Waals surface area (Å²) in [5, 5.41) is 11.4. The highest BCUT2D eigenvalue weighted by Crippen LogP contribution is 2.35. The fourth-order valence-corrected chi connectivity index (χ4v) is 4.36. The molecule has 0 amide bonds. The molecule has 0 bridgehead atoms. The maximum absolute atomic E-state index is 13.8. The van der Waals surface area contributed by atoms with Gasteiger partial charge in [0.25, 0.3) is 0 Å². The van der Waals surface area contributed by atoms with E-state index in [2.05, 4.69) is 0 Å². The van der Waals surface area contributed by atoms with E-state index in [1.807, 2.05) is 0 Å². The molecule has 0 spiro atoms.